The highest BCUT2D eigenvalue weighted by Gasteiger charge is 2.30. The zero-order valence-corrected chi connectivity index (χ0v) is 13.9. The molecule has 1 fully saturated rings. The highest BCUT2D eigenvalue weighted by molar-refractivity contribution is 5.98. The van der Waals surface area contributed by atoms with Crippen LogP contribution < -0.4 is 15.2 Å². The van der Waals surface area contributed by atoms with Crippen LogP contribution in [0, 0.1) is 5.92 Å². The number of carbonyl (C=O) groups is 1. The minimum absolute atomic E-state index is 0. The molecular formula is C14H23ClN4O3. The van der Waals surface area contributed by atoms with E-state index in [0.717, 1.165) is 12.8 Å². The van der Waals surface area contributed by atoms with Crippen LogP contribution in [-0.2, 0) is 0 Å². The topological polar surface area (TPSA) is 90.6 Å². The molecule has 0 saturated carbocycles. The second kappa shape index (κ2) is 8.14. The summed E-state index contributed by atoms with van der Waals surface area (Å²) in [5.74, 6) is 0.600. The van der Waals surface area contributed by atoms with Crippen molar-refractivity contribution in [1.82, 2.24) is 14.9 Å². The lowest BCUT2D eigenvalue weighted by atomic mass is 9.92. The van der Waals surface area contributed by atoms with Gasteiger partial charge in [-0.1, -0.05) is 0 Å². The van der Waals surface area contributed by atoms with Crippen molar-refractivity contribution in [2.24, 2.45) is 11.7 Å². The van der Waals surface area contributed by atoms with E-state index in [1.165, 1.54) is 20.5 Å². The lowest BCUT2D eigenvalue weighted by Gasteiger charge is -2.34. The molecule has 2 N–H and O–H groups in total. The Bertz CT molecular complexity index is 491. The Balaban J connectivity index is 0.00000242. The monoisotopic (exact) mass is 330 g/mol. The zero-order chi connectivity index (χ0) is 15.4. The van der Waals surface area contributed by atoms with Gasteiger partial charge in [0.15, 0.2) is 5.56 Å². The number of amides is 1. The van der Waals surface area contributed by atoms with E-state index in [9.17, 15) is 4.79 Å². The Morgan fingerprint density at radius 3 is 2.45 bits per heavy atom. The molecule has 0 bridgehead atoms. The van der Waals surface area contributed by atoms with Gasteiger partial charge in [0, 0.05) is 19.1 Å². The van der Waals surface area contributed by atoms with Gasteiger partial charge in [-0.2, -0.15) is 0 Å². The number of aromatic nitrogens is 2. The number of carbonyl (C=O) groups excluding carboxylic acids is 1. The maximum atomic E-state index is 12.8. The highest BCUT2D eigenvalue weighted by Crippen LogP contribution is 2.28. The fraction of sp³-hybridized carbons (Fsp3) is 0.643. The number of methoxy groups -OCH3 is 2. The standard InChI is InChI=1S/C14H22N4O3.ClH/c1-9(15)10-5-4-6-18(7-10)14(19)11-12(20-2)16-8-17-13(11)21-3;/h8-10H,4-7,15H2,1-3H3;1H. The van der Waals surface area contributed by atoms with Gasteiger partial charge in [-0.3, -0.25) is 4.79 Å². The van der Waals surface area contributed by atoms with Gasteiger partial charge in [0.25, 0.3) is 5.91 Å². The van der Waals surface area contributed by atoms with E-state index in [4.69, 9.17) is 15.2 Å². The molecule has 0 spiro atoms. The third kappa shape index (κ3) is 3.78. The Hall–Kier alpha value is -1.60. The second-order valence-corrected chi connectivity index (χ2v) is 5.28. The summed E-state index contributed by atoms with van der Waals surface area (Å²) in [6.07, 6.45) is 3.30. The van der Waals surface area contributed by atoms with E-state index in [-0.39, 0.29) is 41.7 Å². The third-order valence-electron chi connectivity index (χ3n) is 3.87. The minimum atomic E-state index is -0.172. The number of nitrogens with two attached hydrogens (primary N) is 1. The predicted octanol–water partition coefficient (Wildman–Crippen LogP) is 1.11. The first-order chi connectivity index (χ1) is 10.1. The summed E-state index contributed by atoms with van der Waals surface area (Å²) in [5, 5.41) is 0. The number of hydrogen-bond donors (Lipinski definition) is 1. The summed E-state index contributed by atoms with van der Waals surface area (Å²) in [7, 11) is 2.94. The molecule has 2 heterocycles. The molecule has 1 aliphatic heterocycles. The number of rotatable bonds is 4. The molecule has 2 atom stereocenters. The smallest absolute Gasteiger partial charge is 0.264 e. The lowest BCUT2D eigenvalue weighted by Crippen LogP contribution is -2.45. The fourth-order valence-electron chi connectivity index (χ4n) is 2.63. The summed E-state index contributed by atoms with van der Waals surface area (Å²) < 4.78 is 10.3. The molecule has 0 radical (unpaired) electrons. The van der Waals surface area contributed by atoms with Crippen molar-refractivity contribution in [3.63, 3.8) is 0 Å². The quantitative estimate of drug-likeness (QED) is 0.889. The van der Waals surface area contributed by atoms with Crippen LogP contribution in [0.15, 0.2) is 6.33 Å². The summed E-state index contributed by atoms with van der Waals surface area (Å²) in [5.41, 5.74) is 6.24. The van der Waals surface area contributed by atoms with Crippen molar-refractivity contribution >= 4 is 18.3 Å². The maximum Gasteiger partial charge on any atom is 0.264 e. The van der Waals surface area contributed by atoms with E-state index in [1.807, 2.05) is 6.92 Å². The maximum absolute atomic E-state index is 12.8. The second-order valence-electron chi connectivity index (χ2n) is 5.28. The first-order valence-corrected chi connectivity index (χ1v) is 7.06. The van der Waals surface area contributed by atoms with Gasteiger partial charge in [-0.15, -0.1) is 12.4 Å². The molecule has 2 unspecified atom stereocenters. The molecule has 22 heavy (non-hydrogen) atoms. The molecule has 8 heteroatoms. The van der Waals surface area contributed by atoms with Gasteiger partial charge in [-0.25, -0.2) is 9.97 Å². The van der Waals surface area contributed by atoms with E-state index >= 15 is 0 Å². The molecule has 0 aliphatic carbocycles. The molecular weight excluding hydrogens is 308 g/mol. The molecule has 1 aliphatic rings. The van der Waals surface area contributed by atoms with Crippen LogP contribution in [-0.4, -0.2) is 54.1 Å². The molecule has 0 aromatic carbocycles. The summed E-state index contributed by atoms with van der Waals surface area (Å²) in [6, 6.07) is 0.0661. The van der Waals surface area contributed by atoms with Crippen molar-refractivity contribution < 1.29 is 14.3 Å². The van der Waals surface area contributed by atoms with Crippen LogP contribution in [0.1, 0.15) is 30.1 Å². The van der Waals surface area contributed by atoms with E-state index in [1.54, 1.807) is 4.90 Å². The van der Waals surface area contributed by atoms with Crippen LogP contribution in [0.4, 0.5) is 0 Å². The number of halogens is 1. The van der Waals surface area contributed by atoms with Crippen LogP contribution >= 0.6 is 12.4 Å². The number of hydrogen-bond acceptors (Lipinski definition) is 6. The Kier molecular flexibility index (Phi) is 6.83. The van der Waals surface area contributed by atoms with Gasteiger partial charge in [0.2, 0.25) is 11.8 Å². The van der Waals surface area contributed by atoms with Crippen molar-refractivity contribution in [3.8, 4) is 11.8 Å². The normalized spacial score (nSPS) is 19.1. The fourth-order valence-corrected chi connectivity index (χ4v) is 2.63. The van der Waals surface area contributed by atoms with E-state index in [0.29, 0.717) is 19.0 Å². The van der Waals surface area contributed by atoms with Crippen LogP contribution in [0.5, 0.6) is 11.8 Å². The van der Waals surface area contributed by atoms with Gasteiger partial charge in [0.05, 0.1) is 14.2 Å². The van der Waals surface area contributed by atoms with Crippen LogP contribution in [0.25, 0.3) is 0 Å². The van der Waals surface area contributed by atoms with Gasteiger partial charge in [-0.05, 0) is 25.7 Å². The molecule has 1 aromatic heterocycles. The molecule has 7 nitrogen and oxygen atoms in total. The minimum Gasteiger partial charge on any atom is -0.480 e. The van der Waals surface area contributed by atoms with Crippen molar-refractivity contribution in [2.75, 3.05) is 27.3 Å². The third-order valence-corrected chi connectivity index (χ3v) is 3.87. The first-order valence-electron chi connectivity index (χ1n) is 7.06. The number of piperidine rings is 1. The van der Waals surface area contributed by atoms with Crippen LogP contribution in [0.3, 0.4) is 0 Å². The zero-order valence-electron chi connectivity index (χ0n) is 13.1. The number of nitrogens with zero attached hydrogens (tertiary/aromatic N) is 3. The van der Waals surface area contributed by atoms with E-state index in [2.05, 4.69) is 9.97 Å². The average Bonchev–Trinajstić information content (AvgIpc) is 2.53. The van der Waals surface area contributed by atoms with Crippen molar-refractivity contribution in [2.45, 2.75) is 25.8 Å². The molecule has 1 amide bonds. The number of likely N-dealkylation sites (tertiary alicyclic amines) is 1. The molecule has 1 aromatic rings. The Morgan fingerprint density at radius 2 is 1.95 bits per heavy atom. The van der Waals surface area contributed by atoms with Crippen molar-refractivity contribution in [1.29, 1.82) is 0 Å². The molecule has 124 valence electrons. The highest BCUT2D eigenvalue weighted by atomic mass is 35.5. The van der Waals surface area contributed by atoms with Gasteiger partial charge >= 0.3 is 0 Å². The summed E-state index contributed by atoms with van der Waals surface area (Å²) >= 11 is 0. The predicted molar refractivity (Wildman–Crippen MR) is 84.7 cm³/mol. The average molecular weight is 331 g/mol. The number of ether oxygens (including phenoxy) is 2. The summed E-state index contributed by atoms with van der Waals surface area (Å²) in [6.45, 7) is 3.31. The Labute approximate surface area is 136 Å². The van der Waals surface area contributed by atoms with Gasteiger partial charge in [0.1, 0.15) is 6.33 Å². The van der Waals surface area contributed by atoms with Crippen LogP contribution in [0.2, 0.25) is 0 Å². The largest absolute Gasteiger partial charge is 0.480 e. The first kappa shape index (κ1) is 18.4. The lowest BCUT2D eigenvalue weighted by molar-refractivity contribution is 0.0652. The SMILES string of the molecule is COc1ncnc(OC)c1C(=O)N1CCCC(C(C)N)C1.Cl. The van der Waals surface area contributed by atoms with Crippen molar-refractivity contribution in [3.05, 3.63) is 11.9 Å². The van der Waals surface area contributed by atoms with E-state index < -0.39 is 0 Å². The molecule has 2 rings (SSSR count). The summed E-state index contributed by atoms with van der Waals surface area (Å²) in [4.78, 5) is 22.5. The Morgan fingerprint density at radius 1 is 1.36 bits per heavy atom. The molecule has 1 saturated heterocycles. The van der Waals surface area contributed by atoms with Gasteiger partial charge < -0.3 is 20.1 Å².